The van der Waals surface area contributed by atoms with E-state index >= 15 is 0 Å². The summed E-state index contributed by atoms with van der Waals surface area (Å²) in [6, 6.07) is 3.43. The Hall–Kier alpha value is -1.27. The Labute approximate surface area is 118 Å². The first-order valence-electron chi connectivity index (χ1n) is 5.34. The van der Waals surface area contributed by atoms with Crippen molar-refractivity contribution in [2.75, 3.05) is 7.05 Å². The van der Waals surface area contributed by atoms with Gasteiger partial charge in [0, 0.05) is 23.7 Å². The maximum Gasteiger partial charge on any atom is 0.254 e. The van der Waals surface area contributed by atoms with Crippen molar-refractivity contribution >= 4 is 33.2 Å². The second kappa shape index (κ2) is 5.58. The van der Waals surface area contributed by atoms with Gasteiger partial charge in [-0.3, -0.25) is 4.79 Å². The number of nitrogens with zero attached hydrogens (tertiary/aromatic N) is 3. The first-order valence-corrected chi connectivity index (χ1v) is 7.01. The predicted molar refractivity (Wildman–Crippen MR) is 74.6 cm³/mol. The third kappa shape index (κ3) is 2.94. The van der Waals surface area contributed by atoms with Gasteiger partial charge in [-0.1, -0.05) is 0 Å². The average molecular weight is 326 g/mol. The summed E-state index contributed by atoms with van der Waals surface area (Å²) in [7, 11) is 1.79. The lowest BCUT2D eigenvalue weighted by Gasteiger charge is -2.16. The molecule has 2 heterocycles. The molecule has 2 aromatic heterocycles. The zero-order valence-corrected chi connectivity index (χ0v) is 12.5. The minimum Gasteiger partial charge on any atom is -0.336 e. The average Bonchev–Trinajstić information content (AvgIpc) is 2.74. The molecule has 0 aliphatic heterocycles. The third-order valence-corrected chi connectivity index (χ3v) is 3.90. The molecule has 2 rings (SSSR count). The molecule has 2 aromatic rings. The Morgan fingerprint density at radius 3 is 2.89 bits per heavy atom. The van der Waals surface area contributed by atoms with Gasteiger partial charge in [-0.25, -0.2) is 9.97 Å². The number of amides is 1. The molecule has 0 atom stereocenters. The van der Waals surface area contributed by atoms with Gasteiger partial charge in [-0.2, -0.15) is 0 Å². The molecule has 0 unspecified atom stereocenters. The van der Waals surface area contributed by atoms with Gasteiger partial charge >= 0.3 is 0 Å². The van der Waals surface area contributed by atoms with Gasteiger partial charge in [0.15, 0.2) is 0 Å². The molecular weight excluding hydrogens is 314 g/mol. The molecule has 0 radical (unpaired) electrons. The molecule has 0 saturated carbocycles. The quantitative estimate of drug-likeness (QED) is 0.815. The zero-order chi connectivity index (χ0) is 13.1. The summed E-state index contributed by atoms with van der Waals surface area (Å²) in [6.07, 6.45) is 1.61. The Kier molecular flexibility index (Phi) is 4.08. The highest BCUT2D eigenvalue weighted by Gasteiger charge is 2.14. The molecule has 0 aromatic carbocycles. The van der Waals surface area contributed by atoms with E-state index in [1.165, 1.54) is 0 Å². The predicted octanol–water partition coefficient (Wildman–Crippen LogP) is 2.88. The number of aryl methyl sites for hydroxylation is 1. The van der Waals surface area contributed by atoms with Crippen LogP contribution >= 0.6 is 27.3 Å². The summed E-state index contributed by atoms with van der Waals surface area (Å²) in [5.41, 5.74) is 3.41. The van der Waals surface area contributed by atoms with Crippen molar-refractivity contribution in [2.24, 2.45) is 0 Å². The SMILES string of the molecule is Cc1ncsc1CN(C)C(=O)c1ccnc(Br)c1. The zero-order valence-electron chi connectivity index (χ0n) is 10.1. The largest absolute Gasteiger partial charge is 0.336 e. The van der Waals surface area contributed by atoms with E-state index < -0.39 is 0 Å². The molecule has 94 valence electrons. The molecular formula is C12H12BrN3OS. The van der Waals surface area contributed by atoms with Crippen molar-refractivity contribution in [1.82, 2.24) is 14.9 Å². The minimum absolute atomic E-state index is 0.0223. The molecule has 0 fully saturated rings. The van der Waals surface area contributed by atoms with Crippen LogP contribution in [0.2, 0.25) is 0 Å². The number of pyridine rings is 1. The monoisotopic (exact) mass is 325 g/mol. The Morgan fingerprint density at radius 1 is 1.50 bits per heavy atom. The van der Waals surface area contributed by atoms with E-state index in [1.54, 1.807) is 47.1 Å². The van der Waals surface area contributed by atoms with Crippen molar-refractivity contribution in [1.29, 1.82) is 0 Å². The number of halogens is 1. The fourth-order valence-electron chi connectivity index (χ4n) is 1.52. The van der Waals surface area contributed by atoms with Gasteiger partial charge in [0.1, 0.15) is 4.60 Å². The number of carbonyl (C=O) groups excluding carboxylic acids is 1. The first kappa shape index (κ1) is 13.2. The van der Waals surface area contributed by atoms with Crippen LogP contribution in [0.1, 0.15) is 20.9 Å². The van der Waals surface area contributed by atoms with E-state index in [2.05, 4.69) is 25.9 Å². The van der Waals surface area contributed by atoms with Crippen LogP contribution in [0, 0.1) is 6.92 Å². The lowest BCUT2D eigenvalue weighted by molar-refractivity contribution is 0.0786. The Morgan fingerprint density at radius 2 is 2.28 bits per heavy atom. The second-order valence-electron chi connectivity index (χ2n) is 3.89. The third-order valence-electron chi connectivity index (χ3n) is 2.55. The highest BCUT2D eigenvalue weighted by molar-refractivity contribution is 9.10. The van der Waals surface area contributed by atoms with Gasteiger partial charge < -0.3 is 4.90 Å². The van der Waals surface area contributed by atoms with Crippen LogP contribution in [0.4, 0.5) is 0 Å². The van der Waals surface area contributed by atoms with Gasteiger partial charge in [0.2, 0.25) is 0 Å². The number of hydrogen-bond acceptors (Lipinski definition) is 4. The molecule has 0 saturated heterocycles. The topological polar surface area (TPSA) is 46.1 Å². The van der Waals surface area contributed by atoms with Gasteiger partial charge in [0.05, 0.1) is 17.7 Å². The summed E-state index contributed by atoms with van der Waals surface area (Å²) in [5.74, 6) is -0.0223. The van der Waals surface area contributed by atoms with Gasteiger partial charge in [0.25, 0.3) is 5.91 Å². The van der Waals surface area contributed by atoms with Gasteiger partial charge in [-0.05, 0) is 35.0 Å². The highest BCUT2D eigenvalue weighted by atomic mass is 79.9. The molecule has 4 nitrogen and oxygen atoms in total. The van der Waals surface area contributed by atoms with Crippen LogP contribution in [0.3, 0.4) is 0 Å². The number of hydrogen-bond donors (Lipinski definition) is 0. The number of aromatic nitrogens is 2. The van der Waals surface area contributed by atoms with Crippen molar-refractivity contribution in [3.8, 4) is 0 Å². The van der Waals surface area contributed by atoms with Crippen molar-refractivity contribution < 1.29 is 4.79 Å². The summed E-state index contributed by atoms with van der Waals surface area (Å²) in [6.45, 7) is 2.53. The summed E-state index contributed by atoms with van der Waals surface area (Å²) in [5, 5.41) is 0. The van der Waals surface area contributed by atoms with Crippen LogP contribution in [0.15, 0.2) is 28.4 Å². The first-order chi connectivity index (χ1) is 8.58. The van der Waals surface area contributed by atoms with E-state index in [1.807, 2.05) is 6.92 Å². The summed E-state index contributed by atoms with van der Waals surface area (Å²) < 4.78 is 0.663. The second-order valence-corrected chi connectivity index (χ2v) is 5.64. The van der Waals surface area contributed by atoms with Crippen molar-refractivity contribution in [2.45, 2.75) is 13.5 Å². The maximum absolute atomic E-state index is 12.2. The molecule has 0 N–H and O–H groups in total. The van der Waals surface area contributed by atoms with Crippen molar-refractivity contribution in [3.63, 3.8) is 0 Å². The van der Waals surface area contributed by atoms with E-state index in [-0.39, 0.29) is 5.91 Å². The number of thiazole rings is 1. The van der Waals surface area contributed by atoms with Crippen LogP contribution in [0.25, 0.3) is 0 Å². The van der Waals surface area contributed by atoms with E-state index in [0.717, 1.165) is 10.6 Å². The number of carbonyl (C=O) groups is 1. The lowest BCUT2D eigenvalue weighted by Crippen LogP contribution is -2.26. The normalized spacial score (nSPS) is 10.4. The smallest absolute Gasteiger partial charge is 0.254 e. The van der Waals surface area contributed by atoms with E-state index in [9.17, 15) is 4.79 Å². The fraction of sp³-hybridized carbons (Fsp3) is 0.250. The molecule has 0 aliphatic rings. The van der Waals surface area contributed by atoms with Crippen LogP contribution in [-0.4, -0.2) is 27.8 Å². The van der Waals surface area contributed by atoms with Crippen LogP contribution in [0.5, 0.6) is 0 Å². The van der Waals surface area contributed by atoms with Crippen LogP contribution in [-0.2, 0) is 6.54 Å². The highest BCUT2D eigenvalue weighted by Crippen LogP contribution is 2.16. The fourth-order valence-corrected chi connectivity index (χ4v) is 2.72. The Bertz CT molecular complexity index is 570. The van der Waals surface area contributed by atoms with Crippen LogP contribution < -0.4 is 0 Å². The minimum atomic E-state index is -0.0223. The lowest BCUT2D eigenvalue weighted by atomic mass is 10.2. The summed E-state index contributed by atoms with van der Waals surface area (Å²) >= 11 is 4.83. The number of rotatable bonds is 3. The molecule has 0 spiro atoms. The molecule has 1 amide bonds. The van der Waals surface area contributed by atoms with E-state index in [4.69, 9.17) is 0 Å². The molecule has 0 bridgehead atoms. The Balaban J connectivity index is 2.12. The van der Waals surface area contributed by atoms with E-state index in [0.29, 0.717) is 16.7 Å². The van der Waals surface area contributed by atoms with Crippen molar-refractivity contribution in [3.05, 3.63) is 44.6 Å². The summed E-state index contributed by atoms with van der Waals surface area (Å²) in [4.78, 5) is 23.2. The standard InChI is InChI=1S/C12H12BrN3OS/c1-8-10(18-7-15-8)6-16(2)12(17)9-3-4-14-11(13)5-9/h3-5,7H,6H2,1-2H3. The molecule has 0 aliphatic carbocycles. The molecule has 6 heteroatoms. The van der Waals surface area contributed by atoms with Gasteiger partial charge in [-0.15, -0.1) is 11.3 Å². The maximum atomic E-state index is 12.2. The molecule has 18 heavy (non-hydrogen) atoms.